The van der Waals surface area contributed by atoms with Crippen LogP contribution in [0.15, 0.2) is 48.2 Å². The highest BCUT2D eigenvalue weighted by atomic mass is 16.5. The molecule has 2 aromatic rings. The Morgan fingerprint density at radius 2 is 1.73 bits per heavy atom. The van der Waals surface area contributed by atoms with Crippen LogP contribution in [0.1, 0.15) is 0 Å². The number of carbonyl (C=O) groups excluding carboxylic acids is 2. The van der Waals surface area contributed by atoms with Crippen LogP contribution >= 0.6 is 0 Å². The molecule has 0 unspecified atom stereocenters. The zero-order valence-corrected chi connectivity index (χ0v) is 12.1. The highest BCUT2D eigenvalue weighted by molar-refractivity contribution is 6.03. The number of phenolic OH excluding ortho intramolecular Hbond substituents is 1. The molecule has 22 heavy (non-hydrogen) atoms. The first-order valence-electron chi connectivity index (χ1n) is 6.42. The van der Waals surface area contributed by atoms with E-state index >= 15 is 0 Å². The van der Waals surface area contributed by atoms with E-state index in [2.05, 4.69) is 14.8 Å². The first kappa shape index (κ1) is 15.4. The van der Waals surface area contributed by atoms with Crippen LogP contribution < -0.4 is 5.32 Å². The van der Waals surface area contributed by atoms with Gasteiger partial charge in [-0.15, -0.1) is 0 Å². The Kier molecular flexibility index (Phi) is 4.63. The van der Waals surface area contributed by atoms with Crippen molar-refractivity contribution in [3.05, 3.63) is 48.2 Å². The largest absolute Gasteiger partial charge is 0.507 e. The lowest BCUT2D eigenvalue weighted by Crippen LogP contribution is -2.15. The molecular weight excluding hydrogens is 286 g/mol. The average Bonchev–Trinajstić information content (AvgIpc) is 2.54. The summed E-state index contributed by atoms with van der Waals surface area (Å²) in [6, 6.07) is 10.2. The molecule has 0 fully saturated rings. The van der Waals surface area contributed by atoms with Gasteiger partial charge in [0.25, 0.3) is 0 Å². The molecule has 2 rings (SSSR count). The van der Waals surface area contributed by atoms with Gasteiger partial charge in [0.05, 0.1) is 20.3 Å². The lowest BCUT2D eigenvalue weighted by Gasteiger charge is -2.12. The van der Waals surface area contributed by atoms with Gasteiger partial charge in [-0.2, -0.15) is 0 Å². The van der Waals surface area contributed by atoms with E-state index in [1.165, 1.54) is 14.2 Å². The molecular formula is C16H15NO5. The van der Waals surface area contributed by atoms with Gasteiger partial charge in [0.15, 0.2) is 0 Å². The number of esters is 2. The fourth-order valence-electron chi connectivity index (χ4n) is 1.98. The molecule has 0 amide bonds. The van der Waals surface area contributed by atoms with Gasteiger partial charge in [-0.1, -0.05) is 24.3 Å². The minimum Gasteiger partial charge on any atom is -0.507 e. The molecule has 2 aromatic carbocycles. The second kappa shape index (κ2) is 6.62. The topological polar surface area (TPSA) is 84.9 Å². The predicted molar refractivity (Wildman–Crippen MR) is 81.4 cm³/mol. The minimum absolute atomic E-state index is 0.0646. The number of phenols is 1. The standard InChI is InChI=1S/C16H15NO5/c1-21-15(19)9-13(16(20)22-2)17-12-7-3-6-11-10(12)5-4-8-14(11)18/h3-9,17-18H,1-2H3/b13-9+. The molecule has 0 saturated heterocycles. The van der Waals surface area contributed by atoms with Gasteiger partial charge < -0.3 is 19.9 Å². The van der Waals surface area contributed by atoms with Crippen LogP contribution in [0.5, 0.6) is 5.75 Å². The molecule has 0 heterocycles. The number of nitrogens with one attached hydrogen (secondary N) is 1. The Balaban J connectivity index is 2.47. The number of anilines is 1. The third-order valence-corrected chi connectivity index (χ3v) is 3.04. The number of methoxy groups -OCH3 is 2. The molecule has 0 aromatic heterocycles. The molecule has 2 N–H and O–H groups in total. The first-order valence-corrected chi connectivity index (χ1v) is 6.42. The molecule has 6 heteroatoms. The Morgan fingerprint density at radius 3 is 2.41 bits per heavy atom. The third-order valence-electron chi connectivity index (χ3n) is 3.04. The van der Waals surface area contributed by atoms with E-state index in [4.69, 9.17) is 0 Å². The summed E-state index contributed by atoms with van der Waals surface area (Å²) in [7, 11) is 2.42. The molecule has 0 radical (unpaired) electrons. The molecule has 0 saturated carbocycles. The highest BCUT2D eigenvalue weighted by Gasteiger charge is 2.14. The number of hydrogen-bond acceptors (Lipinski definition) is 6. The summed E-state index contributed by atoms with van der Waals surface area (Å²) >= 11 is 0. The number of ether oxygens (including phenoxy) is 2. The van der Waals surface area contributed by atoms with Gasteiger partial charge in [0.1, 0.15) is 11.4 Å². The molecule has 0 aliphatic carbocycles. The summed E-state index contributed by atoms with van der Waals surface area (Å²) in [5.41, 5.74) is 0.485. The summed E-state index contributed by atoms with van der Waals surface area (Å²) < 4.78 is 9.16. The maximum absolute atomic E-state index is 11.8. The Labute approximate surface area is 127 Å². The molecule has 0 bridgehead atoms. The highest BCUT2D eigenvalue weighted by Crippen LogP contribution is 2.30. The lowest BCUT2D eigenvalue weighted by atomic mass is 10.1. The van der Waals surface area contributed by atoms with Gasteiger partial charge >= 0.3 is 11.9 Å². The van der Waals surface area contributed by atoms with Gasteiger partial charge in [0, 0.05) is 16.5 Å². The number of benzene rings is 2. The average molecular weight is 301 g/mol. The van der Waals surface area contributed by atoms with Crippen molar-refractivity contribution in [2.45, 2.75) is 0 Å². The predicted octanol–water partition coefficient (Wildman–Crippen LogP) is 2.19. The van der Waals surface area contributed by atoms with Gasteiger partial charge in [-0.05, 0) is 12.1 Å². The number of aromatic hydroxyl groups is 1. The van der Waals surface area contributed by atoms with E-state index in [0.29, 0.717) is 16.5 Å². The van der Waals surface area contributed by atoms with Crippen molar-refractivity contribution >= 4 is 28.4 Å². The van der Waals surface area contributed by atoms with Crippen molar-refractivity contribution in [2.24, 2.45) is 0 Å². The smallest absolute Gasteiger partial charge is 0.354 e. The summed E-state index contributed by atoms with van der Waals surface area (Å²) in [6.45, 7) is 0. The van der Waals surface area contributed by atoms with Crippen LogP contribution in [-0.2, 0) is 19.1 Å². The number of fused-ring (bicyclic) bond motifs is 1. The number of hydrogen-bond donors (Lipinski definition) is 2. The molecule has 114 valence electrons. The van der Waals surface area contributed by atoms with Gasteiger partial charge in [0.2, 0.25) is 0 Å². The molecule has 0 spiro atoms. The summed E-state index contributed by atoms with van der Waals surface area (Å²) in [4.78, 5) is 23.1. The van der Waals surface area contributed by atoms with E-state index in [1.807, 2.05) is 0 Å². The third kappa shape index (κ3) is 3.17. The summed E-state index contributed by atoms with van der Waals surface area (Å²) in [5.74, 6) is -1.27. The molecule has 0 aliphatic heterocycles. The maximum Gasteiger partial charge on any atom is 0.354 e. The molecule has 0 aliphatic rings. The Hall–Kier alpha value is -3.02. The normalized spacial score (nSPS) is 11.1. The molecule has 0 atom stereocenters. The van der Waals surface area contributed by atoms with Crippen LogP contribution in [0.2, 0.25) is 0 Å². The fourth-order valence-corrected chi connectivity index (χ4v) is 1.98. The zero-order valence-electron chi connectivity index (χ0n) is 12.1. The van der Waals surface area contributed by atoms with Crippen molar-refractivity contribution in [1.29, 1.82) is 0 Å². The summed E-state index contributed by atoms with van der Waals surface area (Å²) in [6.07, 6.45) is 1.01. The van der Waals surface area contributed by atoms with Crippen molar-refractivity contribution in [3.63, 3.8) is 0 Å². The Bertz CT molecular complexity index is 751. The SMILES string of the molecule is COC(=O)/C=C(/Nc1cccc2c(O)cccc12)C(=O)OC. The maximum atomic E-state index is 11.8. The van der Waals surface area contributed by atoms with Crippen LogP contribution in [-0.4, -0.2) is 31.3 Å². The minimum atomic E-state index is -0.706. The van der Waals surface area contributed by atoms with Crippen molar-refractivity contribution in [2.75, 3.05) is 19.5 Å². The second-order valence-electron chi connectivity index (χ2n) is 4.38. The number of carbonyl (C=O) groups is 2. The second-order valence-corrected chi connectivity index (χ2v) is 4.38. The van der Waals surface area contributed by atoms with Crippen molar-refractivity contribution in [3.8, 4) is 5.75 Å². The van der Waals surface area contributed by atoms with Gasteiger partial charge in [-0.25, -0.2) is 9.59 Å². The van der Waals surface area contributed by atoms with E-state index in [9.17, 15) is 14.7 Å². The van der Waals surface area contributed by atoms with E-state index in [0.717, 1.165) is 6.08 Å². The van der Waals surface area contributed by atoms with Crippen LogP contribution in [0, 0.1) is 0 Å². The number of rotatable bonds is 4. The van der Waals surface area contributed by atoms with Crippen LogP contribution in [0.3, 0.4) is 0 Å². The van der Waals surface area contributed by atoms with Crippen LogP contribution in [0.25, 0.3) is 10.8 Å². The van der Waals surface area contributed by atoms with E-state index < -0.39 is 11.9 Å². The van der Waals surface area contributed by atoms with Crippen molar-refractivity contribution in [1.82, 2.24) is 0 Å². The summed E-state index contributed by atoms with van der Waals surface area (Å²) in [5, 5.41) is 14.0. The monoisotopic (exact) mass is 301 g/mol. The lowest BCUT2D eigenvalue weighted by molar-refractivity contribution is -0.138. The fraction of sp³-hybridized carbons (Fsp3) is 0.125. The van der Waals surface area contributed by atoms with Crippen molar-refractivity contribution < 1.29 is 24.2 Å². The van der Waals surface area contributed by atoms with Gasteiger partial charge in [-0.3, -0.25) is 0 Å². The zero-order chi connectivity index (χ0) is 16.1. The first-order chi connectivity index (χ1) is 10.6. The molecule has 6 nitrogen and oxygen atoms in total. The van der Waals surface area contributed by atoms with E-state index in [-0.39, 0.29) is 11.4 Å². The Morgan fingerprint density at radius 1 is 1.05 bits per heavy atom. The quantitative estimate of drug-likeness (QED) is 0.665. The van der Waals surface area contributed by atoms with E-state index in [1.54, 1.807) is 36.4 Å². The van der Waals surface area contributed by atoms with Crippen LogP contribution in [0.4, 0.5) is 5.69 Å².